The molecular weight excluding hydrogens is 493 g/mol. The minimum absolute atomic E-state index is 0. The van der Waals surface area contributed by atoms with Crippen molar-refractivity contribution in [2.24, 2.45) is 12.0 Å². The molecule has 1 saturated heterocycles. The van der Waals surface area contributed by atoms with Crippen molar-refractivity contribution in [1.82, 2.24) is 30.3 Å². The van der Waals surface area contributed by atoms with Crippen molar-refractivity contribution < 1.29 is 5.11 Å². The number of aryl methyl sites for hydroxylation is 1. The van der Waals surface area contributed by atoms with Crippen LogP contribution in [-0.4, -0.2) is 68.6 Å². The van der Waals surface area contributed by atoms with E-state index in [-0.39, 0.29) is 30.1 Å². The summed E-state index contributed by atoms with van der Waals surface area (Å²) in [5.41, 5.74) is 0. The zero-order valence-electron chi connectivity index (χ0n) is 18.8. The number of piperidine rings is 1. The van der Waals surface area contributed by atoms with Gasteiger partial charge in [0.25, 0.3) is 0 Å². The van der Waals surface area contributed by atoms with Gasteiger partial charge in [0.1, 0.15) is 12.4 Å². The summed E-state index contributed by atoms with van der Waals surface area (Å²) in [6.45, 7) is 7.69. The molecule has 2 heterocycles. The summed E-state index contributed by atoms with van der Waals surface area (Å²) >= 11 is 0. The van der Waals surface area contributed by atoms with Crippen molar-refractivity contribution in [3.63, 3.8) is 0 Å². The number of unbranched alkanes of at least 4 members (excludes halogenated alkanes) is 1. The molecule has 1 saturated carbocycles. The Hall–Kier alpha value is -0.940. The number of nitrogens with zero attached hydrogens (tertiary/aromatic N) is 5. The van der Waals surface area contributed by atoms with Crippen molar-refractivity contribution in [3.8, 4) is 0 Å². The summed E-state index contributed by atoms with van der Waals surface area (Å²) in [4.78, 5) is 7.28. The predicted octanol–water partition coefficient (Wildman–Crippen LogP) is 2.34. The number of nitrogens with one attached hydrogen (secondary N) is 2. The fourth-order valence-corrected chi connectivity index (χ4v) is 4.36. The Bertz CT molecular complexity index is 658. The highest BCUT2D eigenvalue weighted by Gasteiger charge is 2.31. The number of aliphatic hydroxyl groups is 1. The Kier molecular flexibility index (Phi) is 10.8. The molecule has 0 spiro atoms. The number of likely N-dealkylation sites (tertiary alicyclic amines) is 1. The van der Waals surface area contributed by atoms with Gasteiger partial charge in [0.05, 0.1) is 6.10 Å². The number of halogens is 1. The molecule has 2 atom stereocenters. The Morgan fingerprint density at radius 3 is 2.53 bits per heavy atom. The quantitative estimate of drug-likeness (QED) is 0.216. The smallest absolute Gasteiger partial charge is 0.191 e. The normalized spacial score (nSPS) is 23.8. The van der Waals surface area contributed by atoms with Gasteiger partial charge in [0, 0.05) is 38.8 Å². The van der Waals surface area contributed by atoms with E-state index in [1.165, 1.54) is 12.8 Å². The van der Waals surface area contributed by atoms with Crippen LogP contribution in [0.15, 0.2) is 4.99 Å². The van der Waals surface area contributed by atoms with Crippen molar-refractivity contribution in [2.75, 3.05) is 19.6 Å². The van der Waals surface area contributed by atoms with Crippen LogP contribution in [0.3, 0.4) is 0 Å². The van der Waals surface area contributed by atoms with Gasteiger partial charge in [-0.05, 0) is 39.0 Å². The van der Waals surface area contributed by atoms with Crippen molar-refractivity contribution in [2.45, 2.75) is 89.9 Å². The van der Waals surface area contributed by atoms with Crippen molar-refractivity contribution >= 4 is 29.9 Å². The van der Waals surface area contributed by atoms with Gasteiger partial charge in [-0.3, -0.25) is 4.90 Å². The largest absolute Gasteiger partial charge is 0.391 e. The van der Waals surface area contributed by atoms with Gasteiger partial charge >= 0.3 is 0 Å². The first-order chi connectivity index (χ1) is 14.1. The second-order valence-corrected chi connectivity index (χ2v) is 8.54. The first-order valence-corrected chi connectivity index (χ1v) is 11.4. The van der Waals surface area contributed by atoms with Crippen LogP contribution < -0.4 is 10.6 Å². The summed E-state index contributed by atoms with van der Waals surface area (Å²) in [6.07, 6.45) is 8.83. The lowest BCUT2D eigenvalue weighted by Crippen LogP contribution is -2.53. The van der Waals surface area contributed by atoms with E-state index < -0.39 is 0 Å². The number of aliphatic hydroxyl groups excluding tert-OH is 1. The van der Waals surface area contributed by atoms with Crippen LogP contribution in [0, 0.1) is 6.92 Å². The number of hydrogen-bond donors (Lipinski definition) is 3. The lowest BCUT2D eigenvalue weighted by atomic mass is 9.89. The van der Waals surface area contributed by atoms with Crippen LogP contribution in [0.4, 0.5) is 0 Å². The van der Waals surface area contributed by atoms with Gasteiger partial charge in [-0.25, -0.2) is 4.99 Å². The minimum atomic E-state index is -0.143. The maximum absolute atomic E-state index is 10.4. The van der Waals surface area contributed by atoms with Crippen LogP contribution in [0.1, 0.15) is 69.9 Å². The highest BCUT2D eigenvalue weighted by Crippen LogP contribution is 2.25. The summed E-state index contributed by atoms with van der Waals surface area (Å²) in [6, 6.07) is 0.778. The molecule has 2 fully saturated rings. The summed E-state index contributed by atoms with van der Waals surface area (Å²) in [5, 5.41) is 25.8. The van der Waals surface area contributed by atoms with Crippen LogP contribution in [0.2, 0.25) is 0 Å². The number of hydrogen-bond acceptors (Lipinski definition) is 5. The summed E-state index contributed by atoms with van der Waals surface area (Å²) < 4.78 is 1.99. The zero-order valence-corrected chi connectivity index (χ0v) is 21.1. The monoisotopic (exact) mass is 533 g/mol. The van der Waals surface area contributed by atoms with Crippen LogP contribution in [0.25, 0.3) is 0 Å². The highest BCUT2D eigenvalue weighted by molar-refractivity contribution is 14.0. The third-order valence-corrected chi connectivity index (χ3v) is 6.42. The van der Waals surface area contributed by atoms with Gasteiger partial charge in [-0.2, -0.15) is 0 Å². The Balaban J connectivity index is 0.00000320. The number of aliphatic imine (C=N–C) groups is 1. The number of rotatable bonds is 7. The maximum Gasteiger partial charge on any atom is 0.191 e. The first-order valence-electron chi connectivity index (χ1n) is 11.4. The summed E-state index contributed by atoms with van der Waals surface area (Å²) in [7, 11) is 1.98. The molecule has 2 unspecified atom stereocenters. The molecule has 1 aromatic rings. The minimum Gasteiger partial charge on any atom is -0.391 e. The van der Waals surface area contributed by atoms with E-state index in [1.807, 2.05) is 18.5 Å². The van der Waals surface area contributed by atoms with Gasteiger partial charge in [0.15, 0.2) is 11.8 Å². The topological polar surface area (TPSA) is 90.6 Å². The van der Waals surface area contributed by atoms with E-state index in [9.17, 15) is 5.11 Å². The highest BCUT2D eigenvalue weighted by atomic mass is 127. The molecular formula is C21H40IN7O. The maximum atomic E-state index is 10.4. The Labute approximate surface area is 198 Å². The Morgan fingerprint density at radius 2 is 1.90 bits per heavy atom. The Morgan fingerprint density at radius 1 is 1.17 bits per heavy atom. The summed E-state index contributed by atoms with van der Waals surface area (Å²) in [5.74, 6) is 2.65. The lowest BCUT2D eigenvalue weighted by Gasteiger charge is -2.41. The molecule has 3 N–H and O–H groups in total. The second-order valence-electron chi connectivity index (χ2n) is 8.54. The van der Waals surface area contributed by atoms with Crippen molar-refractivity contribution in [3.05, 3.63) is 11.6 Å². The second kappa shape index (κ2) is 12.8. The van der Waals surface area contributed by atoms with Crippen LogP contribution in [-0.2, 0) is 13.6 Å². The van der Waals surface area contributed by atoms with E-state index in [0.717, 1.165) is 75.8 Å². The molecule has 0 bridgehead atoms. The standard InChI is InChI=1S/C21H39N7O.HI/c1-4-5-12-22-21(23-15-20-26-25-16(2)27(20)3)24-17-10-13-28(14-11-17)18-8-6-7-9-19(18)29;/h17-19,29H,4-15H2,1-3H3,(H2,22,23,24);1H. The average Bonchev–Trinajstić information content (AvgIpc) is 3.05. The molecule has 8 nitrogen and oxygen atoms in total. The number of guanidine groups is 1. The van der Waals surface area contributed by atoms with E-state index >= 15 is 0 Å². The van der Waals surface area contributed by atoms with E-state index in [2.05, 4.69) is 32.7 Å². The van der Waals surface area contributed by atoms with E-state index in [1.54, 1.807) is 0 Å². The van der Waals surface area contributed by atoms with Gasteiger partial charge in [-0.1, -0.05) is 26.2 Å². The van der Waals surface area contributed by atoms with Gasteiger partial charge in [0.2, 0.25) is 0 Å². The molecule has 1 aliphatic heterocycles. The predicted molar refractivity (Wildman–Crippen MR) is 131 cm³/mol. The third-order valence-electron chi connectivity index (χ3n) is 6.42. The van der Waals surface area contributed by atoms with Crippen molar-refractivity contribution in [1.29, 1.82) is 0 Å². The van der Waals surface area contributed by atoms with Crippen LogP contribution >= 0.6 is 24.0 Å². The molecule has 0 aromatic carbocycles. The van der Waals surface area contributed by atoms with E-state index in [4.69, 9.17) is 4.99 Å². The third kappa shape index (κ3) is 7.05. The SMILES string of the molecule is CCCCNC(=NCc1nnc(C)n1C)NC1CCN(C2CCCCC2O)CC1.I. The van der Waals surface area contributed by atoms with E-state index in [0.29, 0.717) is 18.6 Å². The molecule has 2 aliphatic rings. The lowest BCUT2D eigenvalue weighted by molar-refractivity contribution is 0.00810. The van der Waals surface area contributed by atoms with Gasteiger partial charge < -0.3 is 20.3 Å². The molecule has 30 heavy (non-hydrogen) atoms. The van der Waals surface area contributed by atoms with Crippen LogP contribution in [0.5, 0.6) is 0 Å². The number of aromatic nitrogens is 3. The average molecular weight is 534 g/mol. The molecule has 0 amide bonds. The molecule has 172 valence electrons. The first kappa shape index (κ1) is 25.3. The molecule has 3 rings (SSSR count). The molecule has 1 aliphatic carbocycles. The molecule has 0 radical (unpaired) electrons. The van der Waals surface area contributed by atoms with Gasteiger partial charge in [-0.15, -0.1) is 34.2 Å². The fraction of sp³-hybridized carbons (Fsp3) is 0.857. The molecule has 9 heteroatoms. The molecule has 1 aromatic heterocycles. The zero-order chi connectivity index (χ0) is 20.6. The fourth-order valence-electron chi connectivity index (χ4n) is 4.36.